The van der Waals surface area contributed by atoms with Crippen molar-refractivity contribution >= 4 is 0 Å². The van der Waals surface area contributed by atoms with Crippen LogP contribution in [0.25, 0.3) is 0 Å². The van der Waals surface area contributed by atoms with Crippen LogP contribution in [-0.2, 0) is 6.54 Å². The van der Waals surface area contributed by atoms with Gasteiger partial charge in [0, 0.05) is 6.54 Å². The molecule has 4 nitrogen and oxygen atoms in total. The Kier molecular flexibility index (Phi) is 3.42. The van der Waals surface area contributed by atoms with Crippen molar-refractivity contribution in [2.75, 3.05) is 0 Å². The van der Waals surface area contributed by atoms with Crippen LogP contribution < -0.4 is 5.73 Å². The van der Waals surface area contributed by atoms with Gasteiger partial charge in [0.05, 0.1) is 17.4 Å². The van der Waals surface area contributed by atoms with Crippen LogP contribution in [0.4, 0.5) is 0 Å². The summed E-state index contributed by atoms with van der Waals surface area (Å²) in [5.74, 6) is 0. The maximum atomic E-state index is 5.53. The molecule has 1 heterocycles. The first-order valence-electron chi connectivity index (χ1n) is 4.85. The number of hydrogen-bond donors (Lipinski definition) is 1. The molecular formula is C9H18N4. The van der Waals surface area contributed by atoms with E-state index in [1.807, 2.05) is 11.6 Å². The fourth-order valence-electron chi connectivity index (χ4n) is 1.54. The van der Waals surface area contributed by atoms with Crippen LogP contribution in [0.3, 0.4) is 0 Å². The standard InChI is InChI=1S/C9H18N4/c1-4-8(5-2)13-7(3)9(6-10)11-12-13/h8H,4-6,10H2,1-3H3. The Morgan fingerprint density at radius 3 is 2.38 bits per heavy atom. The highest BCUT2D eigenvalue weighted by Gasteiger charge is 2.12. The van der Waals surface area contributed by atoms with Crippen LogP contribution in [0.15, 0.2) is 0 Å². The van der Waals surface area contributed by atoms with E-state index in [1.54, 1.807) is 0 Å². The van der Waals surface area contributed by atoms with E-state index < -0.39 is 0 Å². The van der Waals surface area contributed by atoms with E-state index in [1.165, 1.54) is 0 Å². The molecule has 0 aliphatic rings. The van der Waals surface area contributed by atoms with E-state index in [9.17, 15) is 0 Å². The zero-order chi connectivity index (χ0) is 9.84. The van der Waals surface area contributed by atoms with Crippen molar-refractivity contribution in [3.63, 3.8) is 0 Å². The summed E-state index contributed by atoms with van der Waals surface area (Å²) in [6.07, 6.45) is 2.18. The van der Waals surface area contributed by atoms with Gasteiger partial charge in [-0.25, -0.2) is 4.68 Å². The third-order valence-electron chi connectivity index (χ3n) is 2.50. The molecule has 0 radical (unpaired) electrons. The first-order chi connectivity index (χ1) is 6.24. The molecule has 0 fully saturated rings. The van der Waals surface area contributed by atoms with Gasteiger partial charge >= 0.3 is 0 Å². The summed E-state index contributed by atoms with van der Waals surface area (Å²) in [4.78, 5) is 0. The summed E-state index contributed by atoms with van der Waals surface area (Å²) in [5, 5.41) is 8.15. The maximum Gasteiger partial charge on any atom is 0.0991 e. The third-order valence-corrected chi connectivity index (χ3v) is 2.50. The largest absolute Gasteiger partial charge is 0.325 e. The number of aromatic nitrogens is 3. The van der Waals surface area contributed by atoms with Crippen molar-refractivity contribution in [1.82, 2.24) is 15.0 Å². The lowest BCUT2D eigenvalue weighted by Gasteiger charge is -2.13. The molecule has 0 spiro atoms. The average molecular weight is 182 g/mol. The maximum absolute atomic E-state index is 5.53. The van der Waals surface area contributed by atoms with Gasteiger partial charge in [0.2, 0.25) is 0 Å². The quantitative estimate of drug-likeness (QED) is 0.766. The van der Waals surface area contributed by atoms with Crippen LogP contribution in [0, 0.1) is 6.92 Å². The SMILES string of the molecule is CCC(CC)n1nnc(CN)c1C. The van der Waals surface area contributed by atoms with Gasteiger partial charge in [0.1, 0.15) is 0 Å². The first-order valence-corrected chi connectivity index (χ1v) is 4.85. The van der Waals surface area contributed by atoms with E-state index >= 15 is 0 Å². The highest BCUT2D eigenvalue weighted by molar-refractivity contribution is 5.07. The van der Waals surface area contributed by atoms with E-state index in [0.717, 1.165) is 24.2 Å². The van der Waals surface area contributed by atoms with Crippen LogP contribution in [0.2, 0.25) is 0 Å². The third kappa shape index (κ3) is 1.88. The molecule has 1 aromatic rings. The molecule has 0 bridgehead atoms. The molecule has 0 unspecified atom stereocenters. The molecule has 1 rings (SSSR count). The lowest BCUT2D eigenvalue weighted by Crippen LogP contribution is -2.11. The van der Waals surface area contributed by atoms with Crippen molar-refractivity contribution in [1.29, 1.82) is 0 Å². The monoisotopic (exact) mass is 182 g/mol. The predicted octanol–water partition coefficient (Wildman–Crippen LogP) is 1.41. The van der Waals surface area contributed by atoms with Gasteiger partial charge in [0.25, 0.3) is 0 Å². The number of nitrogens with two attached hydrogens (primary N) is 1. The molecule has 0 amide bonds. The molecule has 0 atom stereocenters. The first kappa shape index (κ1) is 10.2. The normalized spacial score (nSPS) is 11.2. The smallest absolute Gasteiger partial charge is 0.0991 e. The van der Waals surface area contributed by atoms with E-state index in [4.69, 9.17) is 5.73 Å². The number of rotatable bonds is 4. The molecule has 4 heteroatoms. The minimum atomic E-state index is 0.466. The van der Waals surface area contributed by atoms with Gasteiger partial charge < -0.3 is 5.73 Å². The molecule has 0 aliphatic heterocycles. The van der Waals surface area contributed by atoms with Crippen molar-refractivity contribution in [3.05, 3.63) is 11.4 Å². The Morgan fingerprint density at radius 1 is 1.38 bits per heavy atom. The topological polar surface area (TPSA) is 56.7 Å². The zero-order valence-electron chi connectivity index (χ0n) is 8.62. The van der Waals surface area contributed by atoms with Gasteiger partial charge in [-0.15, -0.1) is 5.10 Å². The van der Waals surface area contributed by atoms with Crippen molar-refractivity contribution < 1.29 is 0 Å². The van der Waals surface area contributed by atoms with Crippen molar-refractivity contribution in [2.24, 2.45) is 5.73 Å². The van der Waals surface area contributed by atoms with Crippen LogP contribution in [0.1, 0.15) is 44.1 Å². The Bertz CT molecular complexity index is 263. The Balaban J connectivity index is 2.93. The average Bonchev–Trinajstić information content (AvgIpc) is 2.50. The molecule has 13 heavy (non-hydrogen) atoms. The summed E-state index contributed by atoms with van der Waals surface area (Å²) in [6.45, 7) is 6.83. The number of hydrogen-bond acceptors (Lipinski definition) is 3. The van der Waals surface area contributed by atoms with Crippen molar-refractivity contribution in [3.8, 4) is 0 Å². The van der Waals surface area contributed by atoms with Gasteiger partial charge in [-0.3, -0.25) is 0 Å². The van der Waals surface area contributed by atoms with Gasteiger partial charge in [-0.2, -0.15) is 0 Å². The Morgan fingerprint density at radius 2 is 2.00 bits per heavy atom. The molecular weight excluding hydrogens is 164 g/mol. The zero-order valence-corrected chi connectivity index (χ0v) is 8.62. The fourth-order valence-corrected chi connectivity index (χ4v) is 1.54. The second-order valence-corrected chi connectivity index (χ2v) is 3.24. The van der Waals surface area contributed by atoms with Crippen LogP contribution >= 0.6 is 0 Å². The molecule has 0 aliphatic carbocycles. The predicted molar refractivity (Wildman–Crippen MR) is 52.3 cm³/mol. The molecule has 0 saturated heterocycles. The van der Waals surface area contributed by atoms with Gasteiger partial charge in [0.15, 0.2) is 0 Å². The Labute approximate surface area is 79.1 Å². The summed E-state index contributed by atoms with van der Waals surface area (Å²) >= 11 is 0. The summed E-state index contributed by atoms with van der Waals surface area (Å²) < 4.78 is 1.99. The highest BCUT2D eigenvalue weighted by atomic mass is 15.4. The molecule has 74 valence electrons. The molecule has 0 aromatic carbocycles. The highest BCUT2D eigenvalue weighted by Crippen LogP contribution is 2.17. The van der Waals surface area contributed by atoms with Crippen LogP contribution in [-0.4, -0.2) is 15.0 Å². The molecule has 1 aromatic heterocycles. The van der Waals surface area contributed by atoms with Crippen LogP contribution in [0.5, 0.6) is 0 Å². The summed E-state index contributed by atoms with van der Waals surface area (Å²) in [5.41, 5.74) is 7.55. The second kappa shape index (κ2) is 4.37. The molecule has 0 saturated carbocycles. The van der Waals surface area contributed by atoms with E-state index in [0.29, 0.717) is 12.6 Å². The Hall–Kier alpha value is -0.900. The van der Waals surface area contributed by atoms with E-state index in [-0.39, 0.29) is 0 Å². The summed E-state index contributed by atoms with van der Waals surface area (Å²) in [6, 6.07) is 0.466. The lowest BCUT2D eigenvalue weighted by molar-refractivity contribution is 0.410. The van der Waals surface area contributed by atoms with Crippen molar-refractivity contribution in [2.45, 2.75) is 46.2 Å². The minimum absolute atomic E-state index is 0.466. The van der Waals surface area contributed by atoms with Gasteiger partial charge in [-0.05, 0) is 19.8 Å². The van der Waals surface area contributed by atoms with E-state index in [2.05, 4.69) is 24.2 Å². The lowest BCUT2D eigenvalue weighted by atomic mass is 10.1. The fraction of sp³-hybridized carbons (Fsp3) is 0.778. The minimum Gasteiger partial charge on any atom is -0.325 e. The molecule has 2 N–H and O–H groups in total. The summed E-state index contributed by atoms with van der Waals surface area (Å²) in [7, 11) is 0. The van der Waals surface area contributed by atoms with Gasteiger partial charge in [-0.1, -0.05) is 19.1 Å². The second-order valence-electron chi connectivity index (χ2n) is 3.24. The number of nitrogens with zero attached hydrogens (tertiary/aromatic N) is 3.